The minimum Gasteiger partial charge on any atom is -0.493 e. The number of hydrogen-bond acceptors (Lipinski definition) is 13. The number of methoxy groups -OCH3 is 1. The van der Waals surface area contributed by atoms with Gasteiger partial charge in [-0.05, 0) is 25.8 Å². The fraction of sp³-hybridized carbons (Fsp3) is 0.484. The van der Waals surface area contributed by atoms with E-state index in [1.165, 1.54) is 26.3 Å². The lowest BCUT2D eigenvalue weighted by Crippen LogP contribution is -2.47. The number of aromatic nitrogens is 1. The number of amides is 1. The third kappa shape index (κ3) is 9.89. The van der Waals surface area contributed by atoms with Gasteiger partial charge < -0.3 is 38.5 Å². The van der Waals surface area contributed by atoms with Crippen molar-refractivity contribution in [1.82, 2.24) is 10.3 Å². The number of benzene rings is 1. The van der Waals surface area contributed by atoms with Crippen molar-refractivity contribution in [3.05, 3.63) is 53.9 Å². The molecule has 0 aliphatic carbocycles. The minimum absolute atomic E-state index is 0.0895. The molecule has 0 saturated carbocycles. The van der Waals surface area contributed by atoms with Crippen LogP contribution in [0.4, 0.5) is 0 Å². The minimum atomic E-state index is -1.47. The first kappa shape index (κ1) is 34.8. The monoisotopic (exact) mass is 630 g/mol. The molecular weight excluding hydrogens is 592 g/mol. The molecule has 1 unspecified atom stereocenters. The molecule has 0 bridgehead atoms. The van der Waals surface area contributed by atoms with Crippen LogP contribution in [0.5, 0.6) is 11.5 Å². The quantitative estimate of drug-likeness (QED) is 0.194. The molecule has 1 amide bonds. The first-order valence-electron chi connectivity index (χ1n) is 14.4. The summed E-state index contributed by atoms with van der Waals surface area (Å²) in [6.45, 7) is 5.34. The summed E-state index contributed by atoms with van der Waals surface area (Å²) in [4.78, 5) is 68.5. The van der Waals surface area contributed by atoms with Crippen molar-refractivity contribution in [1.29, 1.82) is 0 Å². The number of ether oxygens (including phenoxy) is 7. The van der Waals surface area contributed by atoms with Gasteiger partial charge in [0, 0.05) is 18.9 Å². The number of nitrogens with one attached hydrogen (secondary N) is 1. The van der Waals surface area contributed by atoms with Gasteiger partial charge in [-0.3, -0.25) is 14.4 Å². The van der Waals surface area contributed by atoms with E-state index < -0.39 is 73.3 Å². The summed E-state index contributed by atoms with van der Waals surface area (Å²) < 4.78 is 37.5. The van der Waals surface area contributed by atoms with E-state index in [1.807, 2.05) is 18.2 Å². The SMILES string of the molecule is CCOCC(=O)OCOc1c(OC)ccnc1C(=O)N[C@H]1COC(=O)C(Cc2ccccc2)[C@@H](OC(=O)C(C)C)[C@H](C)OC1=O. The molecule has 1 aromatic carbocycles. The summed E-state index contributed by atoms with van der Waals surface area (Å²) in [5, 5.41) is 2.45. The van der Waals surface area contributed by atoms with Gasteiger partial charge in [-0.15, -0.1) is 0 Å². The number of pyridine rings is 1. The highest BCUT2D eigenvalue weighted by Gasteiger charge is 2.42. The van der Waals surface area contributed by atoms with E-state index in [9.17, 15) is 24.0 Å². The highest BCUT2D eigenvalue weighted by molar-refractivity contribution is 5.98. The molecular formula is C31H38N2O12. The van der Waals surface area contributed by atoms with Crippen LogP contribution in [0.1, 0.15) is 43.7 Å². The molecule has 3 rings (SSSR count). The van der Waals surface area contributed by atoms with Crippen LogP contribution in [-0.4, -0.2) is 86.7 Å². The van der Waals surface area contributed by atoms with Gasteiger partial charge in [0.25, 0.3) is 5.91 Å². The second-order valence-corrected chi connectivity index (χ2v) is 10.3. The summed E-state index contributed by atoms with van der Waals surface area (Å²) in [7, 11) is 1.33. The Balaban J connectivity index is 1.82. The van der Waals surface area contributed by atoms with Crippen molar-refractivity contribution >= 4 is 29.8 Å². The van der Waals surface area contributed by atoms with E-state index in [-0.39, 0.29) is 30.2 Å². The van der Waals surface area contributed by atoms with Crippen molar-refractivity contribution in [3.8, 4) is 11.5 Å². The Hall–Kier alpha value is -4.72. The first-order chi connectivity index (χ1) is 21.5. The summed E-state index contributed by atoms with van der Waals surface area (Å²) in [6.07, 6.45) is -0.846. The van der Waals surface area contributed by atoms with Crippen molar-refractivity contribution in [2.45, 2.75) is 52.4 Å². The molecule has 1 saturated heterocycles. The van der Waals surface area contributed by atoms with Crippen LogP contribution < -0.4 is 14.8 Å². The van der Waals surface area contributed by atoms with Gasteiger partial charge in [-0.2, -0.15) is 0 Å². The fourth-order valence-electron chi connectivity index (χ4n) is 4.25. The molecule has 1 aliphatic heterocycles. The van der Waals surface area contributed by atoms with E-state index >= 15 is 0 Å². The lowest BCUT2D eigenvalue weighted by Gasteiger charge is -2.29. The average molecular weight is 631 g/mol. The third-order valence-electron chi connectivity index (χ3n) is 6.62. The van der Waals surface area contributed by atoms with Gasteiger partial charge in [0.1, 0.15) is 25.2 Å². The molecule has 1 N–H and O–H groups in total. The fourth-order valence-corrected chi connectivity index (χ4v) is 4.25. The van der Waals surface area contributed by atoms with Crippen molar-refractivity contribution in [2.75, 3.05) is 33.7 Å². The second-order valence-electron chi connectivity index (χ2n) is 10.3. The standard InChI is InChI=1S/C31H38N2O12/c1-6-40-16-24(34)42-17-43-27-23(39-5)12-13-32-25(27)28(35)33-22-15-41-30(37)21(14-20-10-8-7-9-11-20)26(19(4)44-31(22)38)45-29(36)18(2)3/h7-13,18-19,21-22,26H,6,14-17H2,1-5H3,(H,33,35)/t19-,21?,22-,26-/m0/s1. The number of rotatable bonds is 13. The molecule has 14 nitrogen and oxygen atoms in total. The molecule has 4 atom stereocenters. The van der Waals surface area contributed by atoms with Gasteiger partial charge in [-0.1, -0.05) is 44.2 Å². The van der Waals surface area contributed by atoms with Gasteiger partial charge >= 0.3 is 23.9 Å². The maximum Gasteiger partial charge on any atom is 0.334 e. The molecule has 1 fully saturated rings. The molecule has 2 heterocycles. The normalized spacial score (nSPS) is 20.0. The molecule has 0 spiro atoms. The number of hydrogen-bond donors (Lipinski definition) is 1. The van der Waals surface area contributed by atoms with Gasteiger partial charge in [0.15, 0.2) is 29.3 Å². The summed E-state index contributed by atoms with van der Waals surface area (Å²) in [5.41, 5.74) is 0.459. The van der Waals surface area contributed by atoms with Gasteiger partial charge in [0.05, 0.1) is 13.0 Å². The molecule has 2 aromatic rings. The largest absolute Gasteiger partial charge is 0.493 e. The molecule has 244 valence electrons. The van der Waals surface area contributed by atoms with Crippen molar-refractivity contribution in [2.24, 2.45) is 11.8 Å². The number of nitrogens with zero attached hydrogens (tertiary/aromatic N) is 1. The van der Waals surface area contributed by atoms with E-state index in [0.717, 1.165) is 5.56 Å². The van der Waals surface area contributed by atoms with E-state index in [2.05, 4.69) is 10.3 Å². The Bertz CT molecular complexity index is 1330. The Morgan fingerprint density at radius 1 is 1.09 bits per heavy atom. The molecule has 0 radical (unpaired) electrons. The molecule has 14 heteroatoms. The zero-order valence-electron chi connectivity index (χ0n) is 25.8. The van der Waals surface area contributed by atoms with Crippen LogP contribution >= 0.6 is 0 Å². The van der Waals surface area contributed by atoms with E-state index in [1.54, 1.807) is 32.9 Å². The Kier molecular flexibility index (Phi) is 13.1. The number of carbonyl (C=O) groups excluding carboxylic acids is 5. The number of carbonyl (C=O) groups is 5. The predicted octanol–water partition coefficient (Wildman–Crippen LogP) is 2.02. The van der Waals surface area contributed by atoms with Crippen molar-refractivity contribution < 1.29 is 57.1 Å². The topological polar surface area (TPSA) is 175 Å². The predicted molar refractivity (Wildman–Crippen MR) is 155 cm³/mol. The van der Waals surface area contributed by atoms with Crippen LogP contribution in [-0.2, 0) is 49.3 Å². The van der Waals surface area contributed by atoms with Crippen LogP contribution in [0.15, 0.2) is 42.6 Å². The summed E-state index contributed by atoms with van der Waals surface area (Å²) >= 11 is 0. The second kappa shape index (κ2) is 16.9. The van der Waals surface area contributed by atoms with Crippen LogP contribution in [0, 0.1) is 11.8 Å². The number of esters is 4. The summed E-state index contributed by atoms with van der Waals surface area (Å²) in [6, 6.07) is 8.98. The first-order valence-corrected chi connectivity index (χ1v) is 14.4. The smallest absolute Gasteiger partial charge is 0.334 e. The Labute approximate surface area is 260 Å². The molecule has 45 heavy (non-hydrogen) atoms. The van der Waals surface area contributed by atoms with Crippen molar-refractivity contribution in [3.63, 3.8) is 0 Å². The lowest BCUT2D eigenvalue weighted by atomic mass is 9.91. The zero-order chi connectivity index (χ0) is 32.9. The van der Waals surface area contributed by atoms with Crippen LogP contribution in [0.3, 0.4) is 0 Å². The van der Waals surface area contributed by atoms with E-state index in [0.29, 0.717) is 6.61 Å². The number of cyclic esters (lactones) is 2. The lowest BCUT2D eigenvalue weighted by molar-refractivity contribution is -0.176. The average Bonchev–Trinajstić information content (AvgIpc) is 3.06. The van der Waals surface area contributed by atoms with Gasteiger partial charge in [-0.25, -0.2) is 14.6 Å². The maximum atomic E-state index is 13.4. The summed E-state index contributed by atoms with van der Waals surface area (Å²) in [5.74, 6) is -5.49. The third-order valence-corrected chi connectivity index (χ3v) is 6.62. The van der Waals surface area contributed by atoms with E-state index in [4.69, 9.17) is 33.2 Å². The van der Waals surface area contributed by atoms with Crippen LogP contribution in [0.25, 0.3) is 0 Å². The Morgan fingerprint density at radius 3 is 2.49 bits per heavy atom. The Morgan fingerprint density at radius 2 is 1.82 bits per heavy atom. The molecule has 1 aliphatic rings. The zero-order valence-corrected chi connectivity index (χ0v) is 25.8. The maximum absolute atomic E-state index is 13.4. The van der Waals surface area contributed by atoms with Gasteiger partial charge in [0.2, 0.25) is 6.79 Å². The molecule has 1 aromatic heterocycles. The van der Waals surface area contributed by atoms with Crippen LogP contribution in [0.2, 0.25) is 0 Å². The highest BCUT2D eigenvalue weighted by Crippen LogP contribution is 2.30. The highest BCUT2D eigenvalue weighted by atomic mass is 16.7.